The molecule has 0 unspecified atom stereocenters. The summed E-state index contributed by atoms with van der Waals surface area (Å²) >= 11 is 0. The standard InChI is InChI=1S/C20H28N4O9/c1-10(26)16(21)19(31)22-12(8-15(27)28)17(29)24-14(9-25)18(30)23-13(20(32)33)7-11-5-3-2-4-6-11/h2-6,10,12-14,16,25-26H,7-9,21H2,1H3,(H,22,31)(H,23,30)(H,24,29)(H,27,28)(H,32,33)/t10-,12+,13+,14+,16+/m1/s1. The van der Waals surface area contributed by atoms with Gasteiger partial charge in [-0.3, -0.25) is 19.2 Å². The van der Waals surface area contributed by atoms with Crippen molar-refractivity contribution >= 4 is 29.7 Å². The molecular formula is C20H28N4O9. The Labute approximate surface area is 189 Å². The number of carbonyl (C=O) groups is 5. The number of carbonyl (C=O) groups excluding carboxylic acids is 3. The van der Waals surface area contributed by atoms with Gasteiger partial charge in [0.25, 0.3) is 0 Å². The van der Waals surface area contributed by atoms with Crippen molar-refractivity contribution in [3.05, 3.63) is 35.9 Å². The number of carboxylic acids is 2. The van der Waals surface area contributed by atoms with Gasteiger partial charge in [-0.2, -0.15) is 0 Å². The Balaban J connectivity index is 2.88. The largest absolute Gasteiger partial charge is 0.481 e. The molecule has 33 heavy (non-hydrogen) atoms. The summed E-state index contributed by atoms with van der Waals surface area (Å²) < 4.78 is 0. The van der Waals surface area contributed by atoms with Gasteiger partial charge in [0, 0.05) is 6.42 Å². The van der Waals surface area contributed by atoms with Crippen LogP contribution in [-0.4, -0.2) is 87.0 Å². The van der Waals surface area contributed by atoms with Gasteiger partial charge in [-0.25, -0.2) is 4.79 Å². The van der Waals surface area contributed by atoms with Crippen LogP contribution in [0.1, 0.15) is 18.9 Å². The van der Waals surface area contributed by atoms with Crippen molar-refractivity contribution in [2.45, 2.75) is 50.0 Å². The normalized spacial score (nSPS) is 15.3. The van der Waals surface area contributed by atoms with Crippen LogP contribution in [0.15, 0.2) is 30.3 Å². The van der Waals surface area contributed by atoms with E-state index >= 15 is 0 Å². The average molecular weight is 468 g/mol. The summed E-state index contributed by atoms with van der Waals surface area (Å²) in [6.45, 7) is 0.285. The Kier molecular flexibility index (Phi) is 10.9. The summed E-state index contributed by atoms with van der Waals surface area (Å²) in [4.78, 5) is 59.6. The maximum atomic E-state index is 12.5. The van der Waals surface area contributed by atoms with Gasteiger partial charge in [0.1, 0.15) is 24.2 Å². The van der Waals surface area contributed by atoms with Crippen LogP contribution in [0.2, 0.25) is 0 Å². The maximum absolute atomic E-state index is 12.5. The lowest BCUT2D eigenvalue weighted by atomic mass is 10.1. The number of carboxylic acid groups (broad SMARTS) is 2. The molecule has 0 saturated heterocycles. The highest BCUT2D eigenvalue weighted by Crippen LogP contribution is 2.04. The number of amides is 3. The highest BCUT2D eigenvalue weighted by molar-refractivity contribution is 5.95. The van der Waals surface area contributed by atoms with Crippen LogP contribution in [0.3, 0.4) is 0 Å². The lowest BCUT2D eigenvalue weighted by Crippen LogP contribution is -2.59. The molecule has 1 aromatic carbocycles. The second-order valence-corrected chi connectivity index (χ2v) is 7.26. The number of nitrogens with two attached hydrogens (primary N) is 1. The predicted molar refractivity (Wildman–Crippen MR) is 113 cm³/mol. The fourth-order valence-electron chi connectivity index (χ4n) is 2.66. The first-order valence-corrected chi connectivity index (χ1v) is 9.90. The molecule has 0 heterocycles. The smallest absolute Gasteiger partial charge is 0.326 e. The first kappa shape index (κ1) is 27.5. The number of benzene rings is 1. The van der Waals surface area contributed by atoms with Crippen molar-refractivity contribution in [2.75, 3.05) is 6.61 Å². The Morgan fingerprint density at radius 2 is 1.39 bits per heavy atom. The molecular weight excluding hydrogens is 440 g/mol. The Morgan fingerprint density at radius 1 is 0.879 bits per heavy atom. The predicted octanol–water partition coefficient (Wildman–Crippen LogP) is -3.06. The second-order valence-electron chi connectivity index (χ2n) is 7.26. The van der Waals surface area contributed by atoms with Gasteiger partial charge in [-0.05, 0) is 12.5 Å². The molecule has 0 aromatic heterocycles. The molecule has 0 fully saturated rings. The number of rotatable bonds is 13. The maximum Gasteiger partial charge on any atom is 0.326 e. The number of nitrogens with one attached hydrogen (secondary N) is 3. The van der Waals surface area contributed by atoms with Crippen LogP contribution in [0.5, 0.6) is 0 Å². The van der Waals surface area contributed by atoms with Gasteiger partial charge in [0.05, 0.1) is 19.1 Å². The molecule has 0 spiro atoms. The summed E-state index contributed by atoms with van der Waals surface area (Å²) in [5, 5.41) is 43.6. The van der Waals surface area contributed by atoms with E-state index in [0.717, 1.165) is 0 Å². The molecule has 13 heteroatoms. The number of aliphatic hydroxyl groups is 2. The van der Waals surface area contributed by atoms with Crippen molar-refractivity contribution in [2.24, 2.45) is 5.73 Å². The zero-order chi connectivity index (χ0) is 25.1. The first-order chi connectivity index (χ1) is 15.5. The lowest BCUT2D eigenvalue weighted by molar-refractivity contribution is -0.143. The van der Waals surface area contributed by atoms with Crippen LogP contribution in [0, 0.1) is 0 Å². The topological polar surface area (TPSA) is 228 Å². The van der Waals surface area contributed by atoms with Gasteiger partial charge in [-0.1, -0.05) is 30.3 Å². The summed E-state index contributed by atoms with van der Waals surface area (Å²) in [7, 11) is 0. The minimum atomic E-state index is -1.68. The minimum Gasteiger partial charge on any atom is -0.481 e. The Morgan fingerprint density at radius 3 is 1.88 bits per heavy atom. The molecule has 1 aromatic rings. The zero-order valence-corrected chi connectivity index (χ0v) is 17.8. The molecule has 3 amide bonds. The average Bonchev–Trinajstić information content (AvgIpc) is 2.75. The first-order valence-electron chi connectivity index (χ1n) is 9.90. The van der Waals surface area contributed by atoms with E-state index in [-0.39, 0.29) is 6.42 Å². The molecule has 9 N–H and O–H groups in total. The molecule has 1 rings (SSSR count). The Bertz CT molecular complexity index is 847. The molecule has 0 aliphatic rings. The van der Waals surface area contributed by atoms with Crippen molar-refractivity contribution < 1.29 is 44.4 Å². The van der Waals surface area contributed by atoms with E-state index in [1.807, 2.05) is 0 Å². The van der Waals surface area contributed by atoms with E-state index in [0.29, 0.717) is 5.56 Å². The Hall–Kier alpha value is -3.55. The van der Waals surface area contributed by atoms with E-state index in [1.165, 1.54) is 6.92 Å². The number of aliphatic carboxylic acids is 2. The molecule has 182 valence electrons. The molecule has 0 saturated carbocycles. The molecule has 0 aliphatic heterocycles. The molecule has 5 atom stereocenters. The SMILES string of the molecule is C[C@@H](O)[C@H](N)C(=O)N[C@@H](CC(=O)O)C(=O)N[C@@H](CO)C(=O)N[C@@H](Cc1ccccc1)C(=O)O. The number of aliphatic hydroxyl groups excluding tert-OH is 2. The van der Waals surface area contributed by atoms with E-state index in [2.05, 4.69) is 16.0 Å². The van der Waals surface area contributed by atoms with Crippen LogP contribution >= 0.6 is 0 Å². The van der Waals surface area contributed by atoms with E-state index in [4.69, 9.17) is 10.8 Å². The quantitative estimate of drug-likeness (QED) is 0.146. The van der Waals surface area contributed by atoms with E-state index in [1.54, 1.807) is 30.3 Å². The van der Waals surface area contributed by atoms with E-state index < -0.39 is 73.0 Å². The number of hydrogen-bond donors (Lipinski definition) is 8. The second kappa shape index (κ2) is 13.1. The van der Waals surface area contributed by atoms with Crippen LogP contribution in [0.4, 0.5) is 0 Å². The monoisotopic (exact) mass is 468 g/mol. The van der Waals surface area contributed by atoms with E-state index in [9.17, 15) is 39.3 Å². The third kappa shape index (κ3) is 9.22. The van der Waals surface area contributed by atoms with Gasteiger partial charge < -0.3 is 42.1 Å². The van der Waals surface area contributed by atoms with Gasteiger partial charge in [-0.15, -0.1) is 0 Å². The summed E-state index contributed by atoms with van der Waals surface area (Å²) in [6, 6.07) is 2.30. The molecule has 0 radical (unpaired) electrons. The van der Waals surface area contributed by atoms with Crippen molar-refractivity contribution in [1.82, 2.24) is 16.0 Å². The third-order valence-electron chi connectivity index (χ3n) is 4.55. The van der Waals surface area contributed by atoms with Crippen molar-refractivity contribution in [3.63, 3.8) is 0 Å². The lowest BCUT2D eigenvalue weighted by Gasteiger charge is -2.24. The third-order valence-corrected chi connectivity index (χ3v) is 4.55. The highest BCUT2D eigenvalue weighted by Gasteiger charge is 2.31. The van der Waals surface area contributed by atoms with Crippen molar-refractivity contribution in [1.29, 1.82) is 0 Å². The molecule has 0 bridgehead atoms. The van der Waals surface area contributed by atoms with Crippen molar-refractivity contribution in [3.8, 4) is 0 Å². The van der Waals surface area contributed by atoms with Crippen LogP contribution in [-0.2, 0) is 30.4 Å². The molecule has 13 nitrogen and oxygen atoms in total. The summed E-state index contributed by atoms with van der Waals surface area (Å²) in [5.41, 5.74) is 6.08. The van der Waals surface area contributed by atoms with Gasteiger partial charge >= 0.3 is 11.9 Å². The van der Waals surface area contributed by atoms with Crippen LogP contribution in [0.25, 0.3) is 0 Å². The number of hydrogen-bond acceptors (Lipinski definition) is 8. The molecule has 0 aliphatic carbocycles. The van der Waals surface area contributed by atoms with Gasteiger partial charge in [0.2, 0.25) is 17.7 Å². The minimum absolute atomic E-state index is 0.0665. The zero-order valence-electron chi connectivity index (χ0n) is 17.8. The van der Waals surface area contributed by atoms with Crippen LogP contribution < -0.4 is 21.7 Å². The van der Waals surface area contributed by atoms with Gasteiger partial charge in [0.15, 0.2) is 0 Å². The fraction of sp³-hybridized carbons (Fsp3) is 0.450. The summed E-state index contributed by atoms with van der Waals surface area (Å²) in [6.07, 6.45) is -2.23. The highest BCUT2D eigenvalue weighted by atomic mass is 16.4. The fourth-order valence-corrected chi connectivity index (χ4v) is 2.66. The summed E-state index contributed by atoms with van der Waals surface area (Å²) in [5.74, 6) is -5.98.